The van der Waals surface area contributed by atoms with Crippen LogP contribution in [0.15, 0.2) is 40.9 Å². The van der Waals surface area contributed by atoms with Gasteiger partial charge in [-0.2, -0.15) is 4.98 Å². The van der Waals surface area contributed by atoms with Crippen LogP contribution in [0.5, 0.6) is 0 Å². The fourth-order valence-electron chi connectivity index (χ4n) is 3.71. The average Bonchev–Trinajstić information content (AvgIpc) is 3.27. The number of carbonyl (C=O) groups is 2. The summed E-state index contributed by atoms with van der Waals surface area (Å²) in [5.74, 6) is -0.00381. The second-order valence-electron chi connectivity index (χ2n) is 6.91. The number of hydrogen-bond donors (Lipinski definition) is 0. The molecule has 0 spiro atoms. The van der Waals surface area contributed by atoms with Crippen LogP contribution < -0.4 is 0 Å². The monoisotopic (exact) mass is 382 g/mol. The number of amides is 2. The summed E-state index contributed by atoms with van der Waals surface area (Å²) in [6, 6.07) is 6.00. The van der Waals surface area contributed by atoms with Crippen LogP contribution in [0, 0.1) is 22.0 Å². The van der Waals surface area contributed by atoms with Gasteiger partial charge in [0.2, 0.25) is 23.5 Å². The predicted octanol–water partition coefficient (Wildman–Crippen LogP) is 2.53. The van der Waals surface area contributed by atoms with E-state index in [9.17, 15) is 19.7 Å². The molecule has 0 saturated carbocycles. The first-order chi connectivity index (χ1) is 13.5. The maximum Gasteiger partial charge on any atom is 0.270 e. The number of aryl methyl sites for hydroxylation is 1. The lowest BCUT2D eigenvalue weighted by atomic mass is 9.85. The summed E-state index contributed by atoms with van der Waals surface area (Å²) in [4.78, 5) is 40.9. The van der Waals surface area contributed by atoms with Crippen molar-refractivity contribution in [1.29, 1.82) is 0 Å². The van der Waals surface area contributed by atoms with E-state index >= 15 is 0 Å². The SMILES string of the molecule is O=C1[C@@H]2CC=CC[C@H]2C(=O)N1CCCc1nc(-c2cccc([N+](=O)[O-])c2)no1. The van der Waals surface area contributed by atoms with E-state index in [0.29, 0.717) is 43.7 Å². The topological polar surface area (TPSA) is 119 Å². The number of rotatable bonds is 6. The fourth-order valence-corrected chi connectivity index (χ4v) is 3.71. The van der Waals surface area contributed by atoms with Crippen LogP contribution in [0.3, 0.4) is 0 Å². The Hall–Kier alpha value is -3.36. The summed E-state index contributed by atoms with van der Waals surface area (Å²) in [5, 5.41) is 14.7. The molecule has 0 unspecified atom stereocenters. The molecule has 2 aliphatic rings. The van der Waals surface area contributed by atoms with Gasteiger partial charge in [0, 0.05) is 30.7 Å². The Morgan fingerprint density at radius 1 is 1.18 bits per heavy atom. The highest BCUT2D eigenvalue weighted by molar-refractivity contribution is 6.05. The second kappa shape index (κ2) is 7.34. The van der Waals surface area contributed by atoms with Crippen LogP contribution in [-0.2, 0) is 16.0 Å². The predicted molar refractivity (Wildman–Crippen MR) is 96.8 cm³/mol. The lowest BCUT2D eigenvalue weighted by molar-refractivity contribution is -0.384. The molecule has 0 bridgehead atoms. The van der Waals surface area contributed by atoms with Gasteiger partial charge in [-0.15, -0.1) is 0 Å². The number of nitrogens with zero attached hydrogens (tertiary/aromatic N) is 4. The number of allylic oxidation sites excluding steroid dienone is 2. The van der Waals surface area contributed by atoms with Gasteiger partial charge in [0.25, 0.3) is 5.69 Å². The Balaban J connectivity index is 1.37. The van der Waals surface area contributed by atoms with Crippen LogP contribution in [0.2, 0.25) is 0 Å². The van der Waals surface area contributed by atoms with E-state index < -0.39 is 4.92 Å². The number of non-ortho nitro benzene ring substituents is 1. The average molecular weight is 382 g/mol. The summed E-state index contributed by atoms with van der Waals surface area (Å²) in [6.45, 7) is 0.319. The number of hydrogen-bond acceptors (Lipinski definition) is 7. The maximum atomic E-state index is 12.4. The van der Waals surface area contributed by atoms with E-state index in [1.54, 1.807) is 12.1 Å². The summed E-state index contributed by atoms with van der Waals surface area (Å²) in [6.07, 6.45) is 6.10. The van der Waals surface area contributed by atoms with E-state index in [0.717, 1.165) is 0 Å². The molecule has 28 heavy (non-hydrogen) atoms. The molecule has 0 N–H and O–H groups in total. The molecule has 9 heteroatoms. The third-order valence-corrected chi connectivity index (χ3v) is 5.15. The van der Waals surface area contributed by atoms with Crippen molar-refractivity contribution in [3.8, 4) is 11.4 Å². The minimum atomic E-state index is -0.484. The number of nitro benzene ring substituents is 1. The smallest absolute Gasteiger partial charge is 0.270 e. The van der Waals surface area contributed by atoms with Gasteiger partial charge < -0.3 is 4.52 Å². The summed E-state index contributed by atoms with van der Waals surface area (Å²) < 4.78 is 5.20. The summed E-state index contributed by atoms with van der Waals surface area (Å²) in [5.41, 5.74) is 0.441. The molecule has 1 aromatic carbocycles. The number of imide groups is 1. The van der Waals surface area contributed by atoms with Crippen LogP contribution in [0.4, 0.5) is 5.69 Å². The van der Waals surface area contributed by atoms with Gasteiger partial charge in [0.05, 0.1) is 16.8 Å². The van der Waals surface area contributed by atoms with Gasteiger partial charge in [0.15, 0.2) is 0 Å². The first-order valence-corrected chi connectivity index (χ1v) is 9.12. The largest absolute Gasteiger partial charge is 0.339 e. The molecule has 2 heterocycles. The first-order valence-electron chi connectivity index (χ1n) is 9.12. The van der Waals surface area contributed by atoms with Gasteiger partial charge in [-0.05, 0) is 19.3 Å². The van der Waals surface area contributed by atoms with E-state index in [-0.39, 0.29) is 35.2 Å². The summed E-state index contributed by atoms with van der Waals surface area (Å²) in [7, 11) is 0. The number of aromatic nitrogens is 2. The molecule has 2 aromatic rings. The lowest BCUT2D eigenvalue weighted by Gasteiger charge is -2.14. The Morgan fingerprint density at radius 2 is 1.89 bits per heavy atom. The summed E-state index contributed by atoms with van der Waals surface area (Å²) >= 11 is 0. The Morgan fingerprint density at radius 3 is 2.57 bits per heavy atom. The quantitative estimate of drug-likeness (QED) is 0.326. The van der Waals surface area contributed by atoms with Gasteiger partial charge >= 0.3 is 0 Å². The molecular formula is C19H18N4O5. The van der Waals surface area contributed by atoms with E-state index in [4.69, 9.17) is 4.52 Å². The molecule has 1 aliphatic heterocycles. The first kappa shape index (κ1) is 18.0. The van der Waals surface area contributed by atoms with E-state index in [1.165, 1.54) is 17.0 Å². The molecule has 0 radical (unpaired) electrons. The van der Waals surface area contributed by atoms with Crippen molar-refractivity contribution in [2.24, 2.45) is 11.8 Å². The zero-order valence-corrected chi connectivity index (χ0v) is 15.0. The molecule has 1 aliphatic carbocycles. The number of nitro groups is 1. The van der Waals surface area contributed by atoms with Crippen molar-refractivity contribution in [1.82, 2.24) is 15.0 Å². The van der Waals surface area contributed by atoms with E-state index in [2.05, 4.69) is 10.1 Å². The molecular weight excluding hydrogens is 364 g/mol. The molecule has 1 fully saturated rings. The highest BCUT2D eigenvalue weighted by Gasteiger charge is 2.46. The molecule has 2 atom stereocenters. The van der Waals surface area contributed by atoms with Gasteiger partial charge in [-0.1, -0.05) is 29.4 Å². The van der Waals surface area contributed by atoms with Gasteiger partial charge in [-0.25, -0.2) is 0 Å². The highest BCUT2D eigenvalue weighted by Crippen LogP contribution is 2.35. The maximum absolute atomic E-state index is 12.4. The van der Waals surface area contributed by atoms with Crippen LogP contribution in [0.1, 0.15) is 25.2 Å². The van der Waals surface area contributed by atoms with E-state index in [1.807, 2.05) is 12.2 Å². The zero-order chi connectivity index (χ0) is 19.7. The van der Waals surface area contributed by atoms with Gasteiger partial charge in [0.1, 0.15) is 0 Å². The van der Waals surface area contributed by atoms with Crippen molar-refractivity contribution >= 4 is 17.5 Å². The molecule has 1 saturated heterocycles. The Bertz CT molecular complexity index is 941. The third-order valence-electron chi connectivity index (χ3n) is 5.15. The normalized spacial score (nSPS) is 21.2. The second-order valence-corrected chi connectivity index (χ2v) is 6.91. The fraction of sp³-hybridized carbons (Fsp3) is 0.368. The van der Waals surface area contributed by atoms with Crippen LogP contribution in [0.25, 0.3) is 11.4 Å². The molecule has 9 nitrogen and oxygen atoms in total. The molecule has 2 amide bonds. The van der Waals surface area contributed by atoms with Gasteiger partial charge in [-0.3, -0.25) is 24.6 Å². The van der Waals surface area contributed by atoms with Crippen LogP contribution in [-0.4, -0.2) is 38.3 Å². The molecule has 144 valence electrons. The van der Waals surface area contributed by atoms with Crippen molar-refractivity contribution in [2.75, 3.05) is 6.54 Å². The minimum absolute atomic E-state index is 0.0501. The highest BCUT2D eigenvalue weighted by atomic mass is 16.6. The van der Waals surface area contributed by atoms with Crippen molar-refractivity contribution < 1.29 is 19.0 Å². The Kier molecular flexibility index (Phi) is 4.72. The number of fused-ring (bicyclic) bond motifs is 1. The van der Waals surface area contributed by atoms with Crippen molar-refractivity contribution in [2.45, 2.75) is 25.7 Å². The zero-order valence-electron chi connectivity index (χ0n) is 15.0. The van der Waals surface area contributed by atoms with Crippen LogP contribution >= 0.6 is 0 Å². The van der Waals surface area contributed by atoms with Crippen molar-refractivity contribution in [3.05, 3.63) is 52.4 Å². The third kappa shape index (κ3) is 3.30. The lowest BCUT2D eigenvalue weighted by Crippen LogP contribution is -2.32. The number of carbonyl (C=O) groups excluding carboxylic acids is 2. The molecule has 1 aromatic heterocycles. The number of benzene rings is 1. The van der Waals surface area contributed by atoms with Crippen molar-refractivity contribution in [3.63, 3.8) is 0 Å². The minimum Gasteiger partial charge on any atom is -0.339 e. The Labute approximate surface area is 160 Å². The standard InChI is InChI=1S/C19H18N4O5/c24-18-14-7-1-2-8-15(14)19(25)22(18)10-4-9-16-20-17(21-28-16)12-5-3-6-13(11-12)23(26)27/h1-3,5-6,11,14-15H,4,7-10H2/t14-,15-/m1/s1. The molecule has 4 rings (SSSR count). The number of likely N-dealkylation sites (tertiary alicyclic amines) is 1.